The van der Waals surface area contributed by atoms with Crippen molar-refractivity contribution in [1.82, 2.24) is 9.97 Å². The minimum Gasteiger partial charge on any atom is -0.297 e. The summed E-state index contributed by atoms with van der Waals surface area (Å²) in [6.07, 6.45) is 0. The van der Waals surface area contributed by atoms with E-state index >= 15 is 0 Å². The van der Waals surface area contributed by atoms with Gasteiger partial charge in [0.1, 0.15) is 4.88 Å². The summed E-state index contributed by atoms with van der Waals surface area (Å²) >= 11 is 2.64. The Labute approximate surface area is 153 Å². The number of aromatic nitrogens is 2. The second-order valence-electron chi connectivity index (χ2n) is 5.83. The number of nitrogens with one attached hydrogen (secondary N) is 1. The third-order valence-electron chi connectivity index (χ3n) is 3.57. The maximum Gasteiger partial charge on any atom is 0.269 e. The maximum absolute atomic E-state index is 12.6. The number of anilines is 2. The van der Waals surface area contributed by atoms with Gasteiger partial charge in [0.2, 0.25) is 5.91 Å². The third-order valence-corrected chi connectivity index (χ3v) is 5.67. The fourth-order valence-corrected chi connectivity index (χ4v) is 4.50. The molecule has 25 heavy (non-hydrogen) atoms. The molecule has 0 saturated heterocycles. The molecule has 0 aliphatic rings. The number of hydrogen-bond donors (Lipinski definition) is 1. The largest absolute Gasteiger partial charge is 0.297 e. The number of rotatable bonds is 4. The summed E-state index contributed by atoms with van der Waals surface area (Å²) in [5.41, 5.74) is 1.46. The van der Waals surface area contributed by atoms with Crippen LogP contribution in [0.3, 0.4) is 0 Å². The Morgan fingerprint density at radius 2 is 1.88 bits per heavy atom. The van der Waals surface area contributed by atoms with Gasteiger partial charge < -0.3 is 0 Å². The van der Waals surface area contributed by atoms with E-state index in [4.69, 9.17) is 0 Å². The van der Waals surface area contributed by atoms with Crippen LogP contribution in [0, 0.1) is 6.92 Å². The van der Waals surface area contributed by atoms with Crippen molar-refractivity contribution in [2.24, 2.45) is 0 Å². The van der Waals surface area contributed by atoms with Crippen molar-refractivity contribution in [3.63, 3.8) is 0 Å². The second kappa shape index (κ2) is 6.89. The molecule has 0 atom stereocenters. The summed E-state index contributed by atoms with van der Waals surface area (Å²) in [6, 6.07) is 7.70. The summed E-state index contributed by atoms with van der Waals surface area (Å²) < 4.78 is 1.02. The Kier molecular flexibility index (Phi) is 4.82. The van der Waals surface area contributed by atoms with Crippen molar-refractivity contribution in [3.05, 3.63) is 34.8 Å². The fourth-order valence-electron chi connectivity index (χ4n) is 2.49. The number of benzene rings is 1. The normalized spacial score (nSPS) is 11.1. The van der Waals surface area contributed by atoms with E-state index in [1.165, 1.54) is 29.6 Å². The topological polar surface area (TPSA) is 75.2 Å². The molecule has 2 aromatic heterocycles. The maximum atomic E-state index is 12.6. The highest BCUT2D eigenvalue weighted by Crippen LogP contribution is 2.30. The van der Waals surface area contributed by atoms with Crippen LogP contribution in [0.25, 0.3) is 10.2 Å². The lowest BCUT2D eigenvalue weighted by Gasteiger charge is -2.21. The van der Waals surface area contributed by atoms with Crippen LogP contribution in [0.2, 0.25) is 0 Å². The van der Waals surface area contributed by atoms with Crippen molar-refractivity contribution in [3.8, 4) is 0 Å². The smallest absolute Gasteiger partial charge is 0.269 e. The zero-order chi connectivity index (χ0) is 18.1. The SMILES string of the molecule is CC(=O)N(c1nc(C)c(C(=O)Nc2nc3ccccc3s2)s1)C(C)C. The average Bonchev–Trinajstić information content (AvgIpc) is 3.09. The molecule has 3 rings (SSSR count). The second-order valence-corrected chi connectivity index (χ2v) is 7.84. The number of carbonyl (C=O) groups is 2. The van der Waals surface area contributed by atoms with E-state index in [0.717, 1.165) is 10.2 Å². The molecule has 1 N–H and O–H groups in total. The van der Waals surface area contributed by atoms with Crippen molar-refractivity contribution in [1.29, 1.82) is 0 Å². The first-order chi connectivity index (χ1) is 11.9. The molecule has 0 bridgehead atoms. The zero-order valence-corrected chi connectivity index (χ0v) is 16.0. The summed E-state index contributed by atoms with van der Waals surface area (Å²) in [5, 5.41) is 3.92. The molecule has 0 radical (unpaired) electrons. The van der Waals surface area contributed by atoms with Crippen LogP contribution in [0.4, 0.5) is 10.3 Å². The molecule has 0 unspecified atom stereocenters. The average molecular weight is 374 g/mol. The van der Waals surface area contributed by atoms with E-state index in [2.05, 4.69) is 15.3 Å². The molecule has 2 heterocycles. The third kappa shape index (κ3) is 3.54. The first-order valence-corrected chi connectivity index (χ1v) is 9.44. The van der Waals surface area contributed by atoms with Crippen LogP contribution in [-0.2, 0) is 4.79 Å². The van der Waals surface area contributed by atoms with E-state index < -0.39 is 0 Å². The van der Waals surface area contributed by atoms with E-state index in [1.54, 1.807) is 11.8 Å². The van der Waals surface area contributed by atoms with Gasteiger partial charge in [-0.3, -0.25) is 19.8 Å². The number of amides is 2. The highest BCUT2D eigenvalue weighted by Gasteiger charge is 2.23. The van der Waals surface area contributed by atoms with Crippen molar-refractivity contribution < 1.29 is 9.59 Å². The molecule has 6 nitrogen and oxygen atoms in total. The van der Waals surface area contributed by atoms with Crippen LogP contribution >= 0.6 is 22.7 Å². The molecule has 0 aliphatic heterocycles. The van der Waals surface area contributed by atoms with Gasteiger partial charge in [-0.1, -0.05) is 34.8 Å². The summed E-state index contributed by atoms with van der Waals surface area (Å²) in [5.74, 6) is -0.352. The lowest BCUT2D eigenvalue weighted by atomic mass is 10.3. The number of thiazole rings is 2. The predicted octanol–water partition coefficient (Wildman–Crippen LogP) is 4.07. The summed E-state index contributed by atoms with van der Waals surface area (Å²) in [4.78, 5) is 35.4. The van der Waals surface area contributed by atoms with Gasteiger partial charge >= 0.3 is 0 Å². The van der Waals surface area contributed by atoms with Crippen LogP contribution in [0.1, 0.15) is 36.1 Å². The number of fused-ring (bicyclic) bond motifs is 1. The lowest BCUT2D eigenvalue weighted by molar-refractivity contribution is -0.116. The Hall–Kier alpha value is -2.32. The molecule has 3 aromatic rings. The highest BCUT2D eigenvalue weighted by molar-refractivity contribution is 7.22. The van der Waals surface area contributed by atoms with Gasteiger partial charge in [0.05, 0.1) is 15.9 Å². The minimum absolute atomic E-state index is 0.0248. The minimum atomic E-state index is -0.257. The fraction of sp³-hybridized carbons (Fsp3) is 0.294. The standard InChI is InChI=1S/C17H18N4O2S2/c1-9(2)21(11(4)22)17-18-10(3)14(25-17)15(23)20-16-19-12-7-5-6-8-13(12)24-16/h5-9H,1-4H3,(H,19,20,23). The quantitative estimate of drug-likeness (QED) is 0.747. The van der Waals surface area contributed by atoms with Gasteiger partial charge in [0, 0.05) is 13.0 Å². The summed E-state index contributed by atoms with van der Waals surface area (Å²) in [6.45, 7) is 7.10. The molecule has 0 saturated carbocycles. The molecule has 0 aliphatic carbocycles. The first-order valence-electron chi connectivity index (χ1n) is 7.81. The van der Waals surface area contributed by atoms with Crippen LogP contribution < -0.4 is 10.2 Å². The molecular formula is C17H18N4O2S2. The van der Waals surface area contributed by atoms with E-state index in [1.807, 2.05) is 38.1 Å². The molecule has 130 valence electrons. The van der Waals surface area contributed by atoms with Gasteiger partial charge in [0.15, 0.2) is 10.3 Å². The van der Waals surface area contributed by atoms with Crippen LogP contribution in [0.5, 0.6) is 0 Å². The molecular weight excluding hydrogens is 356 g/mol. The molecule has 8 heteroatoms. The van der Waals surface area contributed by atoms with Gasteiger partial charge in [-0.25, -0.2) is 9.97 Å². The van der Waals surface area contributed by atoms with Gasteiger partial charge in [-0.05, 0) is 32.9 Å². The summed E-state index contributed by atoms with van der Waals surface area (Å²) in [7, 11) is 0. The number of nitrogens with zero attached hydrogens (tertiary/aromatic N) is 3. The molecule has 0 spiro atoms. The van der Waals surface area contributed by atoms with Crippen molar-refractivity contribution >= 4 is 55.0 Å². The van der Waals surface area contributed by atoms with E-state index in [0.29, 0.717) is 20.8 Å². The highest BCUT2D eigenvalue weighted by atomic mass is 32.1. The Balaban J connectivity index is 1.86. The van der Waals surface area contributed by atoms with Gasteiger partial charge in [-0.15, -0.1) is 0 Å². The number of para-hydroxylation sites is 1. The lowest BCUT2D eigenvalue weighted by Crippen LogP contribution is -2.34. The molecule has 0 fully saturated rings. The van der Waals surface area contributed by atoms with E-state index in [-0.39, 0.29) is 17.9 Å². The van der Waals surface area contributed by atoms with Crippen LogP contribution in [0.15, 0.2) is 24.3 Å². The Morgan fingerprint density at radius 3 is 2.52 bits per heavy atom. The van der Waals surface area contributed by atoms with Crippen molar-refractivity contribution in [2.75, 3.05) is 10.2 Å². The number of hydrogen-bond acceptors (Lipinski definition) is 6. The molecule has 1 aromatic carbocycles. The van der Waals surface area contributed by atoms with Gasteiger partial charge in [-0.2, -0.15) is 0 Å². The van der Waals surface area contributed by atoms with E-state index in [9.17, 15) is 9.59 Å². The van der Waals surface area contributed by atoms with Crippen LogP contribution in [-0.4, -0.2) is 27.8 Å². The van der Waals surface area contributed by atoms with Gasteiger partial charge in [0.25, 0.3) is 5.91 Å². The zero-order valence-electron chi connectivity index (χ0n) is 14.4. The number of carbonyl (C=O) groups excluding carboxylic acids is 2. The van der Waals surface area contributed by atoms with Crippen molar-refractivity contribution in [2.45, 2.75) is 33.7 Å². The number of aryl methyl sites for hydroxylation is 1. The molecule has 2 amide bonds. The Bertz CT molecular complexity index is 912. The first kappa shape index (κ1) is 17.5. The Morgan fingerprint density at radius 1 is 1.16 bits per heavy atom. The monoisotopic (exact) mass is 374 g/mol. The predicted molar refractivity (Wildman–Crippen MR) is 103 cm³/mol.